The molecule has 2 N–H and O–H groups in total. The minimum absolute atomic E-state index is 0.00255. The van der Waals surface area contributed by atoms with Crippen LogP contribution in [-0.4, -0.2) is 74.7 Å². The highest BCUT2D eigenvalue weighted by atomic mass is 19.1. The Hall–Kier alpha value is -2.98. The maximum Gasteiger partial charge on any atom is 0.273 e. The van der Waals surface area contributed by atoms with E-state index in [4.69, 9.17) is 4.74 Å². The van der Waals surface area contributed by atoms with Crippen molar-refractivity contribution in [2.75, 3.05) is 25.1 Å². The quantitative estimate of drug-likeness (QED) is 0.749. The van der Waals surface area contributed by atoms with Gasteiger partial charge in [0.1, 0.15) is 24.0 Å². The van der Waals surface area contributed by atoms with Gasteiger partial charge in [0, 0.05) is 18.8 Å². The summed E-state index contributed by atoms with van der Waals surface area (Å²) in [5.74, 6) is 0.0698. The van der Waals surface area contributed by atoms with E-state index in [-0.39, 0.29) is 43.8 Å². The third-order valence-corrected chi connectivity index (χ3v) is 5.92. The van der Waals surface area contributed by atoms with Crippen LogP contribution in [0.1, 0.15) is 34.8 Å². The summed E-state index contributed by atoms with van der Waals surface area (Å²) < 4.78 is 19.7. The van der Waals surface area contributed by atoms with Gasteiger partial charge in [0.15, 0.2) is 0 Å². The van der Waals surface area contributed by atoms with Gasteiger partial charge in [-0.05, 0) is 18.1 Å². The molecule has 5 rings (SSSR count). The number of hydrogen-bond donors (Lipinski definition) is 2. The lowest BCUT2D eigenvalue weighted by molar-refractivity contribution is -0.125. The van der Waals surface area contributed by atoms with Crippen molar-refractivity contribution in [1.82, 2.24) is 19.9 Å². The number of aliphatic hydroxyl groups excluding tert-OH is 1. The summed E-state index contributed by atoms with van der Waals surface area (Å²) in [6.45, 7) is 2.73. The summed E-state index contributed by atoms with van der Waals surface area (Å²) in [6.07, 6.45) is 3.24. The second-order valence-corrected chi connectivity index (χ2v) is 8.17. The van der Waals surface area contributed by atoms with E-state index in [9.17, 15) is 14.3 Å². The number of fused-ring (bicyclic) bond motifs is 1. The lowest BCUT2D eigenvalue weighted by Crippen LogP contribution is -2.38. The number of ether oxygens (including phenoxy) is 1. The predicted molar refractivity (Wildman–Crippen MR) is 109 cm³/mol. The van der Waals surface area contributed by atoms with E-state index in [1.165, 1.54) is 11.2 Å². The van der Waals surface area contributed by atoms with Crippen molar-refractivity contribution < 1.29 is 19.0 Å². The molecule has 2 aromatic rings. The standard InChI is InChI=1S/C21H23FN6O3/c1-11-2-12(5-23-4-11)16-3-13(22)7-28(16)21(30)19-18-14(6-24-19)25-10-26-20(18)27-15-8-31-9-17(15)29/h2,4-5,10,13,15-17,29H,3,6-9H2,1H3,(H,25,26,27)/t13-,15+,16?,17+/m0/s1. The number of carbonyl (C=O) groups is 1. The molecular weight excluding hydrogens is 403 g/mol. The molecule has 1 amide bonds. The molecular formula is C21H23FN6O3. The van der Waals surface area contributed by atoms with Crippen LogP contribution in [-0.2, 0) is 16.1 Å². The van der Waals surface area contributed by atoms with Crippen molar-refractivity contribution in [1.29, 1.82) is 0 Å². The lowest BCUT2D eigenvalue weighted by atomic mass is 10.0. The zero-order chi connectivity index (χ0) is 21.5. The first-order valence-electron chi connectivity index (χ1n) is 10.3. The number of nitrogens with zero attached hydrogens (tertiary/aromatic N) is 5. The first-order valence-corrected chi connectivity index (χ1v) is 10.3. The van der Waals surface area contributed by atoms with Crippen molar-refractivity contribution in [2.24, 2.45) is 4.99 Å². The molecule has 2 fully saturated rings. The van der Waals surface area contributed by atoms with Crippen LogP contribution in [0.3, 0.4) is 0 Å². The summed E-state index contributed by atoms with van der Waals surface area (Å²) >= 11 is 0. The Kier molecular flexibility index (Phi) is 5.11. The number of pyridine rings is 1. The second kappa shape index (κ2) is 7.93. The van der Waals surface area contributed by atoms with Gasteiger partial charge in [-0.3, -0.25) is 14.8 Å². The molecule has 2 saturated heterocycles. The maximum absolute atomic E-state index is 14.4. The minimum Gasteiger partial charge on any atom is -0.388 e. The third-order valence-electron chi connectivity index (χ3n) is 5.92. The minimum atomic E-state index is -1.12. The number of nitrogens with one attached hydrogen (secondary N) is 1. The fourth-order valence-corrected chi connectivity index (χ4v) is 4.39. The average molecular weight is 426 g/mol. The zero-order valence-corrected chi connectivity index (χ0v) is 17.0. The van der Waals surface area contributed by atoms with Gasteiger partial charge in [0.2, 0.25) is 0 Å². The van der Waals surface area contributed by atoms with E-state index in [0.29, 0.717) is 23.7 Å². The molecule has 0 aromatic carbocycles. The molecule has 0 radical (unpaired) electrons. The number of aliphatic imine (C=N–C) groups is 1. The van der Waals surface area contributed by atoms with Gasteiger partial charge in [0.25, 0.3) is 5.91 Å². The Labute approximate surface area is 178 Å². The lowest BCUT2D eigenvalue weighted by Gasteiger charge is -2.25. The van der Waals surface area contributed by atoms with Crippen LogP contribution < -0.4 is 5.32 Å². The molecule has 31 heavy (non-hydrogen) atoms. The highest BCUT2D eigenvalue weighted by Crippen LogP contribution is 2.35. The number of aryl methyl sites for hydroxylation is 1. The molecule has 3 aliphatic heterocycles. The van der Waals surface area contributed by atoms with Gasteiger partial charge >= 0.3 is 0 Å². The van der Waals surface area contributed by atoms with Gasteiger partial charge in [-0.2, -0.15) is 0 Å². The topological polar surface area (TPSA) is 113 Å². The van der Waals surface area contributed by atoms with Crippen LogP contribution >= 0.6 is 0 Å². The van der Waals surface area contributed by atoms with Crippen LogP contribution in [0, 0.1) is 6.92 Å². The Morgan fingerprint density at radius 2 is 2.19 bits per heavy atom. The molecule has 0 bridgehead atoms. The van der Waals surface area contributed by atoms with Crippen LogP contribution in [0.2, 0.25) is 0 Å². The summed E-state index contributed by atoms with van der Waals surface area (Å²) in [7, 11) is 0. The Bertz CT molecular complexity index is 1050. The Balaban J connectivity index is 1.45. The molecule has 5 heterocycles. The van der Waals surface area contributed by atoms with Crippen LogP contribution in [0.25, 0.3) is 0 Å². The number of carbonyl (C=O) groups excluding carboxylic acids is 1. The number of aliphatic hydroxyl groups is 1. The number of aromatic nitrogens is 3. The fourth-order valence-electron chi connectivity index (χ4n) is 4.39. The van der Waals surface area contributed by atoms with Crippen molar-refractivity contribution in [3.05, 3.63) is 47.2 Å². The molecule has 2 aromatic heterocycles. The summed E-state index contributed by atoms with van der Waals surface area (Å²) in [5.41, 5.74) is 3.11. The predicted octanol–water partition coefficient (Wildman–Crippen LogP) is 0.966. The normalized spacial score (nSPS) is 27.3. The van der Waals surface area contributed by atoms with E-state index >= 15 is 0 Å². The number of likely N-dealkylation sites (tertiary alicyclic amines) is 1. The smallest absolute Gasteiger partial charge is 0.273 e. The fraction of sp³-hybridized carbons (Fsp3) is 0.476. The van der Waals surface area contributed by atoms with Gasteiger partial charge in [-0.1, -0.05) is 6.07 Å². The van der Waals surface area contributed by atoms with Crippen molar-refractivity contribution in [2.45, 2.75) is 44.2 Å². The van der Waals surface area contributed by atoms with Crippen LogP contribution in [0.4, 0.5) is 10.2 Å². The monoisotopic (exact) mass is 426 g/mol. The number of halogens is 1. The second-order valence-electron chi connectivity index (χ2n) is 8.17. The number of amides is 1. The maximum atomic E-state index is 14.4. The van der Waals surface area contributed by atoms with Crippen molar-refractivity contribution in [3.63, 3.8) is 0 Å². The average Bonchev–Trinajstić information content (AvgIpc) is 3.47. The van der Waals surface area contributed by atoms with Crippen LogP contribution in [0.15, 0.2) is 29.8 Å². The molecule has 4 atom stereocenters. The highest BCUT2D eigenvalue weighted by Gasteiger charge is 2.41. The molecule has 0 spiro atoms. The Morgan fingerprint density at radius 1 is 1.32 bits per heavy atom. The van der Waals surface area contributed by atoms with Crippen molar-refractivity contribution >= 4 is 17.4 Å². The summed E-state index contributed by atoms with van der Waals surface area (Å²) in [4.78, 5) is 32.2. The number of rotatable bonds is 4. The molecule has 9 nitrogen and oxygen atoms in total. The number of hydrogen-bond acceptors (Lipinski definition) is 8. The molecule has 10 heteroatoms. The first kappa shape index (κ1) is 20.0. The van der Waals surface area contributed by atoms with Gasteiger partial charge in [-0.25, -0.2) is 14.4 Å². The SMILES string of the molecule is Cc1cncc(C2C[C@H](F)CN2C(=O)C2=NCc3ncnc(N[C@@H]4COC[C@H]4O)c32)c1. The molecule has 0 aliphatic carbocycles. The van der Waals surface area contributed by atoms with E-state index < -0.39 is 18.3 Å². The summed E-state index contributed by atoms with van der Waals surface area (Å²) in [5, 5.41) is 13.2. The first-order chi connectivity index (χ1) is 15.0. The van der Waals surface area contributed by atoms with Gasteiger partial charge in [0.05, 0.1) is 55.7 Å². The molecule has 162 valence electrons. The van der Waals surface area contributed by atoms with Gasteiger partial charge < -0.3 is 20.1 Å². The van der Waals surface area contributed by atoms with E-state index in [0.717, 1.165) is 11.1 Å². The summed E-state index contributed by atoms with van der Waals surface area (Å²) in [6, 6.07) is 1.18. The molecule has 1 unspecified atom stereocenters. The van der Waals surface area contributed by atoms with Gasteiger partial charge in [-0.15, -0.1) is 0 Å². The van der Waals surface area contributed by atoms with E-state index in [2.05, 4.69) is 25.3 Å². The number of alkyl halides is 1. The largest absolute Gasteiger partial charge is 0.388 e. The zero-order valence-electron chi connectivity index (χ0n) is 17.0. The number of anilines is 1. The van der Waals surface area contributed by atoms with E-state index in [1.54, 1.807) is 12.4 Å². The Morgan fingerprint density at radius 3 is 2.97 bits per heavy atom. The molecule has 3 aliphatic rings. The van der Waals surface area contributed by atoms with E-state index in [1.807, 2.05) is 13.0 Å². The van der Waals surface area contributed by atoms with Crippen LogP contribution in [0.5, 0.6) is 0 Å². The molecule has 0 saturated carbocycles. The third kappa shape index (κ3) is 3.66. The highest BCUT2D eigenvalue weighted by molar-refractivity contribution is 6.47. The van der Waals surface area contributed by atoms with Crippen molar-refractivity contribution in [3.8, 4) is 0 Å².